The number of thiophene rings is 1. The molecule has 28 heavy (non-hydrogen) atoms. The number of nitrogens with zero attached hydrogens (tertiary/aromatic N) is 4. The first kappa shape index (κ1) is 18.1. The van der Waals surface area contributed by atoms with Gasteiger partial charge in [0.05, 0.1) is 10.6 Å². The molecule has 0 aliphatic carbocycles. The molecule has 4 rings (SSSR count). The third-order valence-corrected chi connectivity index (χ3v) is 5.82. The van der Waals surface area contributed by atoms with Crippen molar-refractivity contribution >= 4 is 51.2 Å². The molecule has 140 valence electrons. The number of amides is 2. The molecule has 0 spiro atoms. The number of pyridine rings is 1. The minimum atomic E-state index is -0.366. The van der Waals surface area contributed by atoms with E-state index in [-0.39, 0.29) is 12.0 Å². The molecule has 0 aromatic carbocycles. The average molecular weight is 410 g/mol. The maximum atomic E-state index is 11.9. The van der Waals surface area contributed by atoms with E-state index in [1.165, 1.54) is 22.7 Å². The Kier molecular flexibility index (Phi) is 5.04. The number of rotatable bonds is 5. The van der Waals surface area contributed by atoms with E-state index in [1.807, 2.05) is 25.1 Å². The number of aromatic nitrogens is 4. The quantitative estimate of drug-likeness (QED) is 0.484. The monoisotopic (exact) mass is 410 g/mol. The molecular weight excluding hydrogens is 396 g/mol. The average Bonchev–Trinajstić information content (AvgIpc) is 3.35. The second-order valence-electron chi connectivity index (χ2n) is 5.64. The summed E-state index contributed by atoms with van der Waals surface area (Å²) in [6, 6.07) is 5.29. The van der Waals surface area contributed by atoms with Crippen LogP contribution in [0.4, 0.5) is 10.7 Å². The van der Waals surface area contributed by atoms with Crippen molar-refractivity contribution in [2.45, 2.75) is 6.92 Å². The number of fused-ring (bicyclic) bond motifs is 1. The molecule has 0 aliphatic rings. The molecule has 0 aliphatic heterocycles. The minimum Gasteiger partial charge on any atom is -0.338 e. The van der Waals surface area contributed by atoms with E-state index in [0.29, 0.717) is 22.8 Å². The lowest BCUT2D eigenvalue weighted by molar-refractivity contribution is 0.111. The smallest absolute Gasteiger partial charge is 0.321 e. The number of hydrogen-bond donors (Lipinski definition) is 2. The minimum absolute atomic E-state index is 0.214. The standard InChI is InChI=1S/C18H14N6O2S2/c1-2-20-18(26)24-17-22-14(10-3-5-19-6-4-10)12-7-13(28-15(12)23-17)16-21-11(8-25)9-27-16/h3-9H,2H2,1H3,(H2,20,22,23,24,26). The molecule has 0 saturated heterocycles. The fourth-order valence-electron chi connectivity index (χ4n) is 2.57. The zero-order chi connectivity index (χ0) is 19.5. The maximum absolute atomic E-state index is 11.9. The lowest BCUT2D eigenvalue weighted by Crippen LogP contribution is -2.29. The summed E-state index contributed by atoms with van der Waals surface area (Å²) in [6.45, 7) is 2.33. The molecule has 0 saturated carbocycles. The summed E-state index contributed by atoms with van der Waals surface area (Å²) in [7, 11) is 0. The maximum Gasteiger partial charge on any atom is 0.321 e. The lowest BCUT2D eigenvalue weighted by atomic mass is 10.1. The SMILES string of the molecule is CCNC(=O)Nc1nc(-c2ccncc2)c2cc(-c3nc(C=O)cs3)sc2n1. The molecule has 0 radical (unpaired) electrons. The molecule has 4 aromatic heterocycles. The van der Waals surface area contributed by atoms with Crippen LogP contribution in [0, 0.1) is 0 Å². The number of aldehydes is 1. The zero-order valence-corrected chi connectivity index (χ0v) is 16.3. The molecule has 8 nitrogen and oxygen atoms in total. The van der Waals surface area contributed by atoms with Crippen LogP contribution in [0.5, 0.6) is 0 Å². The highest BCUT2D eigenvalue weighted by atomic mass is 32.1. The summed E-state index contributed by atoms with van der Waals surface area (Å²) in [5, 5.41) is 8.63. The van der Waals surface area contributed by atoms with Crippen LogP contribution in [-0.4, -0.2) is 38.8 Å². The van der Waals surface area contributed by atoms with Crippen LogP contribution in [0.15, 0.2) is 36.0 Å². The molecule has 4 aromatic rings. The van der Waals surface area contributed by atoms with E-state index in [2.05, 4.69) is 30.6 Å². The van der Waals surface area contributed by atoms with Gasteiger partial charge in [-0.15, -0.1) is 22.7 Å². The van der Waals surface area contributed by atoms with Gasteiger partial charge in [0.2, 0.25) is 5.95 Å². The van der Waals surface area contributed by atoms with E-state index in [0.717, 1.165) is 27.1 Å². The molecule has 0 unspecified atom stereocenters. The summed E-state index contributed by atoms with van der Waals surface area (Å²) in [5.41, 5.74) is 1.95. The highest BCUT2D eigenvalue weighted by molar-refractivity contribution is 7.25. The van der Waals surface area contributed by atoms with Crippen molar-refractivity contribution in [3.05, 3.63) is 41.7 Å². The van der Waals surface area contributed by atoms with Gasteiger partial charge < -0.3 is 5.32 Å². The number of hydrogen-bond acceptors (Lipinski definition) is 8. The van der Waals surface area contributed by atoms with Gasteiger partial charge in [0, 0.05) is 35.3 Å². The second kappa shape index (κ2) is 7.79. The first-order chi connectivity index (χ1) is 13.7. The number of carbonyl (C=O) groups excluding carboxylic acids is 2. The Bertz CT molecular complexity index is 1160. The molecule has 0 bridgehead atoms. The zero-order valence-electron chi connectivity index (χ0n) is 14.7. The number of urea groups is 1. The van der Waals surface area contributed by atoms with Crippen molar-refractivity contribution in [1.82, 2.24) is 25.3 Å². The van der Waals surface area contributed by atoms with E-state index in [1.54, 1.807) is 17.8 Å². The summed E-state index contributed by atoms with van der Waals surface area (Å²) in [4.78, 5) is 41.8. The molecule has 10 heteroatoms. The van der Waals surface area contributed by atoms with Gasteiger partial charge in [-0.2, -0.15) is 0 Å². The Morgan fingerprint density at radius 3 is 2.75 bits per heavy atom. The third-order valence-electron chi connectivity index (χ3n) is 3.76. The van der Waals surface area contributed by atoms with Gasteiger partial charge in [-0.05, 0) is 25.1 Å². The van der Waals surface area contributed by atoms with Crippen LogP contribution in [0.1, 0.15) is 17.4 Å². The first-order valence-electron chi connectivity index (χ1n) is 8.36. The fraction of sp³-hybridized carbons (Fsp3) is 0.111. The Morgan fingerprint density at radius 1 is 1.21 bits per heavy atom. The van der Waals surface area contributed by atoms with Crippen molar-refractivity contribution in [2.24, 2.45) is 0 Å². The van der Waals surface area contributed by atoms with E-state index in [4.69, 9.17) is 0 Å². The molecule has 4 heterocycles. The third kappa shape index (κ3) is 3.59. The van der Waals surface area contributed by atoms with Gasteiger partial charge in [0.15, 0.2) is 6.29 Å². The highest BCUT2D eigenvalue weighted by Crippen LogP contribution is 2.38. The lowest BCUT2D eigenvalue weighted by Gasteiger charge is -2.07. The van der Waals surface area contributed by atoms with Crippen LogP contribution in [0.2, 0.25) is 0 Å². The molecular formula is C18H14N6O2S2. The Labute approximate surface area is 167 Å². The van der Waals surface area contributed by atoms with Crippen LogP contribution in [0.25, 0.3) is 31.4 Å². The predicted octanol–water partition coefficient (Wildman–Crippen LogP) is 3.83. The summed E-state index contributed by atoms with van der Waals surface area (Å²) >= 11 is 2.83. The van der Waals surface area contributed by atoms with Gasteiger partial charge in [-0.1, -0.05) is 0 Å². The number of anilines is 1. The summed E-state index contributed by atoms with van der Waals surface area (Å²) < 4.78 is 0. The number of carbonyl (C=O) groups is 2. The van der Waals surface area contributed by atoms with Crippen LogP contribution < -0.4 is 10.6 Å². The second-order valence-corrected chi connectivity index (χ2v) is 7.53. The number of nitrogens with one attached hydrogen (secondary N) is 2. The van der Waals surface area contributed by atoms with Gasteiger partial charge >= 0.3 is 6.03 Å². The highest BCUT2D eigenvalue weighted by Gasteiger charge is 2.17. The van der Waals surface area contributed by atoms with Gasteiger partial charge in [-0.25, -0.2) is 19.7 Å². The molecule has 0 atom stereocenters. The van der Waals surface area contributed by atoms with E-state index < -0.39 is 0 Å². The normalized spacial score (nSPS) is 10.8. The van der Waals surface area contributed by atoms with Crippen LogP contribution in [0.3, 0.4) is 0 Å². The number of thiazole rings is 1. The Hall–Kier alpha value is -3.24. The van der Waals surface area contributed by atoms with Crippen LogP contribution >= 0.6 is 22.7 Å². The van der Waals surface area contributed by atoms with Gasteiger partial charge in [0.25, 0.3) is 0 Å². The van der Waals surface area contributed by atoms with Crippen molar-refractivity contribution in [2.75, 3.05) is 11.9 Å². The van der Waals surface area contributed by atoms with Crippen LogP contribution in [-0.2, 0) is 0 Å². The topological polar surface area (TPSA) is 110 Å². The molecule has 0 fully saturated rings. The summed E-state index contributed by atoms with van der Waals surface area (Å²) in [6.07, 6.45) is 4.10. The summed E-state index contributed by atoms with van der Waals surface area (Å²) in [5.74, 6) is 0.214. The van der Waals surface area contributed by atoms with Gasteiger partial charge in [-0.3, -0.25) is 15.1 Å². The van der Waals surface area contributed by atoms with Crippen molar-refractivity contribution in [3.63, 3.8) is 0 Å². The molecule has 2 amide bonds. The predicted molar refractivity (Wildman–Crippen MR) is 110 cm³/mol. The largest absolute Gasteiger partial charge is 0.338 e. The fourth-order valence-corrected chi connectivity index (χ4v) is 4.43. The molecule has 2 N–H and O–H groups in total. The first-order valence-corrected chi connectivity index (χ1v) is 10.1. The van der Waals surface area contributed by atoms with E-state index >= 15 is 0 Å². The Morgan fingerprint density at radius 2 is 2.04 bits per heavy atom. The van der Waals surface area contributed by atoms with Crippen molar-refractivity contribution < 1.29 is 9.59 Å². The van der Waals surface area contributed by atoms with Gasteiger partial charge in [0.1, 0.15) is 15.5 Å². The van der Waals surface area contributed by atoms with Crippen molar-refractivity contribution in [1.29, 1.82) is 0 Å². The van der Waals surface area contributed by atoms with E-state index in [9.17, 15) is 9.59 Å². The van der Waals surface area contributed by atoms with Crippen molar-refractivity contribution in [3.8, 4) is 21.1 Å². The Balaban J connectivity index is 1.85.